The van der Waals surface area contributed by atoms with Crippen LogP contribution in [0.5, 0.6) is 0 Å². The molecule has 0 aliphatic rings. The predicted octanol–water partition coefficient (Wildman–Crippen LogP) is 4.26. The molecule has 0 aromatic heterocycles. The molecule has 2 aromatic carbocycles. The smallest absolute Gasteiger partial charge is 0.251 e. The van der Waals surface area contributed by atoms with Crippen molar-refractivity contribution in [2.45, 2.75) is 19.9 Å². The van der Waals surface area contributed by atoms with E-state index in [-0.39, 0.29) is 11.9 Å². The quantitative estimate of drug-likeness (QED) is 0.866. The molecule has 0 saturated heterocycles. The summed E-state index contributed by atoms with van der Waals surface area (Å²) in [6.45, 7) is 4.58. The van der Waals surface area contributed by atoms with E-state index in [4.69, 9.17) is 11.6 Å². The first-order valence-corrected chi connectivity index (χ1v) is 7.38. The van der Waals surface area contributed by atoms with Crippen LogP contribution in [0.4, 0.5) is 5.69 Å². The number of hydrogen-bond donors (Lipinski definition) is 2. The van der Waals surface area contributed by atoms with Gasteiger partial charge in [0.25, 0.3) is 5.91 Å². The lowest BCUT2D eigenvalue weighted by Crippen LogP contribution is -2.22. The van der Waals surface area contributed by atoms with Crippen molar-refractivity contribution in [3.05, 3.63) is 64.7 Å². The van der Waals surface area contributed by atoms with Gasteiger partial charge in [-0.15, -0.1) is 0 Å². The molecule has 0 saturated carbocycles. The summed E-state index contributed by atoms with van der Waals surface area (Å²) in [7, 11) is 0. The summed E-state index contributed by atoms with van der Waals surface area (Å²) in [4.78, 5) is 11.8. The molecule has 0 heterocycles. The first-order valence-electron chi connectivity index (χ1n) is 7.00. The third-order valence-electron chi connectivity index (χ3n) is 3.19. The summed E-state index contributed by atoms with van der Waals surface area (Å²) in [5.41, 5.74) is 2.66. The highest BCUT2D eigenvalue weighted by atomic mass is 35.5. The summed E-state index contributed by atoms with van der Waals surface area (Å²) >= 11 is 6.01. The van der Waals surface area contributed by atoms with Crippen molar-refractivity contribution in [3.63, 3.8) is 0 Å². The van der Waals surface area contributed by atoms with Crippen molar-refractivity contribution in [1.29, 1.82) is 0 Å². The molecule has 0 radical (unpaired) electrons. The Labute approximate surface area is 130 Å². The second-order valence-electron chi connectivity index (χ2n) is 4.86. The van der Waals surface area contributed by atoms with Crippen LogP contribution in [-0.2, 0) is 0 Å². The minimum absolute atomic E-state index is 0.0587. The molecule has 0 bridgehead atoms. The molecule has 21 heavy (non-hydrogen) atoms. The Kier molecular flexibility index (Phi) is 5.23. The highest BCUT2D eigenvalue weighted by molar-refractivity contribution is 6.30. The van der Waals surface area contributed by atoms with Crippen molar-refractivity contribution in [2.75, 3.05) is 11.9 Å². The Hall–Kier alpha value is -2.00. The average molecular weight is 303 g/mol. The third-order valence-corrected chi connectivity index (χ3v) is 3.43. The highest BCUT2D eigenvalue weighted by Gasteiger charge is 2.08. The fraction of sp³-hybridized carbons (Fsp3) is 0.235. The Morgan fingerprint density at radius 2 is 1.95 bits per heavy atom. The van der Waals surface area contributed by atoms with Crippen LogP contribution in [0.15, 0.2) is 48.5 Å². The number of carbonyl (C=O) groups is 1. The van der Waals surface area contributed by atoms with E-state index in [1.807, 2.05) is 49.4 Å². The summed E-state index contributed by atoms with van der Waals surface area (Å²) in [5.74, 6) is -0.0587. The second-order valence-corrected chi connectivity index (χ2v) is 5.30. The number of halogens is 1. The van der Waals surface area contributed by atoms with Crippen molar-refractivity contribution < 1.29 is 4.79 Å². The van der Waals surface area contributed by atoms with Crippen molar-refractivity contribution in [3.8, 4) is 0 Å². The molecular formula is C17H19ClN2O. The summed E-state index contributed by atoms with van der Waals surface area (Å²) in [6.07, 6.45) is 0. The van der Waals surface area contributed by atoms with Crippen LogP contribution in [0.2, 0.25) is 5.02 Å². The molecule has 3 nitrogen and oxygen atoms in total. The molecule has 1 atom stereocenters. The minimum atomic E-state index is -0.0587. The van der Waals surface area contributed by atoms with Crippen LogP contribution in [0.1, 0.15) is 35.8 Å². The number of benzene rings is 2. The average Bonchev–Trinajstić information content (AvgIpc) is 2.48. The van der Waals surface area contributed by atoms with Gasteiger partial charge in [-0.05, 0) is 49.7 Å². The maximum absolute atomic E-state index is 11.8. The lowest BCUT2D eigenvalue weighted by atomic mass is 10.1. The number of amides is 1. The monoisotopic (exact) mass is 302 g/mol. The Bertz CT molecular complexity index is 628. The molecule has 1 amide bonds. The van der Waals surface area contributed by atoms with Crippen LogP contribution in [0.25, 0.3) is 0 Å². The van der Waals surface area contributed by atoms with E-state index in [2.05, 4.69) is 17.6 Å². The number of nitrogens with one attached hydrogen (secondary N) is 2. The van der Waals surface area contributed by atoms with Gasteiger partial charge in [0.05, 0.1) is 0 Å². The van der Waals surface area contributed by atoms with Crippen molar-refractivity contribution in [2.24, 2.45) is 0 Å². The zero-order valence-corrected chi connectivity index (χ0v) is 12.9. The molecule has 2 rings (SSSR count). The van der Waals surface area contributed by atoms with Gasteiger partial charge in [-0.2, -0.15) is 0 Å². The molecule has 0 aliphatic carbocycles. The van der Waals surface area contributed by atoms with Crippen molar-refractivity contribution >= 4 is 23.2 Å². The maximum Gasteiger partial charge on any atom is 0.251 e. The third kappa shape index (κ3) is 4.23. The molecular weight excluding hydrogens is 284 g/mol. The fourth-order valence-corrected chi connectivity index (χ4v) is 2.32. The Morgan fingerprint density at radius 3 is 2.67 bits per heavy atom. The fourth-order valence-electron chi connectivity index (χ4n) is 2.12. The van der Waals surface area contributed by atoms with Gasteiger partial charge in [0.2, 0.25) is 0 Å². The molecule has 0 spiro atoms. The van der Waals surface area contributed by atoms with Crippen LogP contribution in [-0.4, -0.2) is 12.5 Å². The van der Waals surface area contributed by atoms with Crippen molar-refractivity contribution in [1.82, 2.24) is 5.32 Å². The molecule has 0 aliphatic heterocycles. The Morgan fingerprint density at radius 1 is 1.19 bits per heavy atom. The molecule has 2 N–H and O–H groups in total. The maximum atomic E-state index is 11.8. The standard InChI is InChI=1S/C17H19ClN2O/c1-3-19-17(21)14-7-5-9-16(11-14)20-12(2)13-6-4-8-15(18)10-13/h4-12,20H,3H2,1-2H3,(H,19,21). The molecule has 110 valence electrons. The van der Waals surface area contributed by atoms with Gasteiger partial charge in [-0.3, -0.25) is 4.79 Å². The van der Waals surface area contributed by atoms with Crippen LogP contribution in [0, 0.1) is 0 Å². The summed E-state index contributed by atoms with van der Waals surface area (Å²) in [5, 5.41) is 6.90. The van der Waals surface area contributed by atoms with E-state index in [0.29, 0.717) is 12.1 Å². The first-order chi connectivity index (χ1) is 10.1. The van der Waals surface area contributed by atoms with Crippen LogP contribution < -0.4 is 10.6 Å². The van der Waals surface area contributed by atoms with Gasteiger partial charge in [0.1, 0.15) is 0 Å². The highest BCUT2D eigenvalue weighted by Crippen LogP contribution is 2.22. The predicted molar refractivity (Wildman–Crippen MR) is 87.9 cm³/mol. The van der Waals surface area contributed by atoms with E-state index in [1.54, 1.807) is 6.07 Å². The number of carbonyl (C=O) groups excluding carboxylic acids is 1. The molecule has 2 aromatic rings. The van der Waals surface area contributed by atoms with Gasteiger partial charge in [0, 0.05) is 28.9 Å². The normalized spacial score (nSPS) is 11.8. The second kappa shape index (κ2) is 7.14. The van der Waals surface area contributed by atoms with Gasteiger partial charge in [0.15, 0.2) is 0 Å². The number of hydrogen-bond acceptors (Lipinski definition) is 2. The van der Waals surface area contributed by atoms with Gasteiger partial charge >= 0.3 is 0 Å². The van der Waals surface area contributed by atoms with E-state index >= 15 is 0 Å². The van der Waals surface area contributed by atoms with E-state index in [0.717, 1.165) is 16.3 Å². The Balaban J connectivity index is 2.12. The molecule has 1 unspecified atom stereocenters. The summed E-state index contributed by atoms with van der Waals surface area (Å²) in [6, 6.07) is 15.3. The molecule has 4 heteroatoms. The largest absolute Gasteiger partial charge is 0.379 e. The molecule has 0 fully saturated rings. The van der Waals surface area contributed by atoms with Gasteiger partial charge in [-0.25, -0.2) is 0 Å². The topological polar surface area (TPSA) is 41.1 Å². The minimum Gasteiger partial charge on any atom is -0.379 e. The van der Waals surface area contributed by atoms with Crippen LogP contribution in [0.3, 0.4) is 0 Å². The lowest BCUT2D eigenvalue weighted by Gasteiger charge is -2.16. The van der Waals surface area contributed by atoms with Gasteiger partial charge < -0.3 is 10.6 Å². The van der Waals surface area contributed by atoms with E-state index in [1.165, 1.54) is 0 Å². The number of anilines is 1. The van der Waals surface area contributed by atoms with E-state index < -0.39 is 0 Å². The first kappa shape index (κ1) is 15.4. The zero-order valence-electron chi connectivity index (χ0n) is 12.2. The van der Waals surface area contributed by atoms with Crippen LogP contribution >= 0.6 is 11.6 Å². The number of rotatable bonds is 5. The zero-order chi connectivity index (χ0) is 15.2. The SMILES string of the molecule is CCNC(=O)c1cccc(NC(C)c2cccc(Cl)c2)c1. The van der Waals surface area contributed by atoms with E-state index in [9.17, 15) is 4.79 Å². The van der Waals surface area contributed by atoms with Gasteiger partial charge in [-0.1, -0.05) is 29.8 Å². The lowest BCUT2D eigenvalue weighted by molar-refractivity contribution is 0.0956. The summed E-state index contributed by atoms with van der Waals surface area (Å²) < 4.78 is 0.